The Morgan fingerprint density at radius 3 is 2.62 bits per heavy atom. The lowest BCUT2D eigenvalue weighted by molar-refractivity contribution is -0.120. The number of nitrogens with zero attached hydrogens (tertiary/aromatic N) is 1. The molecule has 0 saturated carbocycles. The summed E-state index contributed by atoms with van der Waals surface area (Å²) in [4.78, 5) is 16.2. The van der Waals surface area contributed by atoms with E-state index in [9.17, 15) is 4.79 Å². The van der Waals surface area contributed by atoms with E-state index >= 15 is 0 Å². The lowest BCUT2D eigenvalue weighted by Gasteiger charge is -2.21. The Balaban J connectivity index is 1.65. The number of piperidine rings is 1. The monoisotopic (exact) mass is 285 g/mol. The molecule has 0 radical (unpaired) electrons. The fourth-order valence-corrected chi connectivity index (χ4v) is 2.54. The molecule has 5 heteroatoms. The maximum absolute atomic E-state index is 12.2. The number of benzene rings is 1. The van der Waals surface area contributed by atoms with Gasteiger partial charge in [-0.1, -0.05) is 0 Å². The van der Waals surface area contributed by atoms with Gasteiger partial charge in [-0.3, -0.25) is 4.79 Å². The van der Waals surface area contributed by atoms with E-state index in [1.165, 1.54) is 0 Å². The SMILES string of the molecule is Cc1ncc(-c2ccc(NC(=O)C3CCNCC3)cc2)o1. The summed E-state index contributed by atoms with van der Waals surface area (Å²) in [6.07, 6.45) is 3.51. The lowest BCUT2D eigenvalue weighted by Crippen LogP contribution is -2.34. The van der Waals surface area contributed by atoms with Crippen LogP contribution in [0.1, 0.15) is 18.7 Å². The third-order valence-corrected chi connectivity index (χ3v) is 3.77. The third-order valence-electron chi connectivity index (χ3n) is 3.77. The second kappa shape index (κ2) is 6.10. The Labute approximate surface area is 123 Å². The van der Waals surface area contributed by atoms with Gasteiger partial charge in [0.2, 0.25) is 5.91 Å². The van der Waals surface area contributed by atoms with Crippen LogP contribution < -0.4 is 10.6 Å². The molecule has 0 atom stereocenters. The van der Waals surface area contributed by atoms with Gasteiger partial charge in [-0.15, -0.1) is 0 Å². The van der Waals surface area contributed by atoms with Crippen molar-refractivity contribution in [3.8, 4) is 11.3 Å². The molecule has 1 aromatic carbocycles. The van der Waals surface area contributed by atoms with Crippen molar-refractivity contribution in [3.63, 3.8) is 0 Å². The zero-order chi connectivity index (χ0) is 14.7. The topological polar surface area (TPSA) is 67.2 Å². The van der Waals surface area contributed by atoms with Gasteiger partial charge in [0.25, 0.3) is 0 Å². The van der Waals surface area contributed by atoms with Crippen LogP contribution in [0.3, 0.4) is 0 Å². The molecule has 1 amide bonds. The van der Waals surface area contributed by atoms with Gasteiger partial charge in [0.05, 0.1) is 6.20 Å². The molecule has 21 heavy (non-hydrogen) atoms. The number of anilines is 1. The van der Waals surface area contributed by atoms with E-state index in [-0.39, 0.29) is 11.8 Å². The molecule has 1 fully saturated rings. The highest BCUT2D eigenvalue weighted by Gasteiger charge is 2.20. The zero-order valence-electron chi connectivity index (χ0n) is 12.1. The number of carbonyl (C=O) groups is 1. The number of hydrogen-bond donors (Lipinski definition) is 2. The van der Waals surface area contributed by atoms with Crippen LogP contribution in [0, 0.1) is 12.8 Å². The molecule has 0 bridgehead atoms. The summed E-state index contributed by atoms with van der Waals surface area (Å²) in [6.45, 7) is 3.65. The van der Waals surface area contributed by atoms with Gasteiger partial charge in [-0.05, 0) is 50.2 Å². The Morgan fingerprint density at radius 2 is 2.00 bits per heavy atom. The number of carbonyl (C=O) groups excluding carboxylic acids is 1. The van der Waals surface area contributed by atoms with E-state index in [1.807, 2.05) is 31.2 Å². The van der Waals surface area contributed by atoms with E-state index < -0.39 is 0 Å². The molecule has 1 aliphatic rings. The number of rotatable bonds is 3. The number of aromatic nitrogens is 1. The minimum atomic E-state index is 0.111. The van der Waals surface area contributed by atoms with Crippen LogP contribution in [0.4, 0.5) is 5.69 Å². The molecule has 2 N–H and O–H groups in total. The standard InChI is InChI=1S/C16H19N3O2/c1-11-18-10-15(21-11)12-2-4-14(5-3-12)19-16(20)13-6-8-17-9-7-13/h2-5,10,13,17H,6-9H2,1H3,(H,19,20). The number of oxazole rings is 1. The van der Waals surface area contributed by atoms with Crippen molar-refractivity contribution in [2.45, 2.75) is 19.8 Å². The summed E-state index contributed by atoms with van der Waals surface area (Å²) in [6, 6.07) is 7.65. The smallest absolute Gasteiger partial charge is 0.227 e. The second-order valence-electron chi connectivity index (χ2n) is 5.33. The molecule has 110 valence electrons. The third kappa shape index (κ3) is 3.31. The van der Waals surface area contributed by atoms with Crippen molar-refractivity contribution in [2.75, 3.05) is 18.4 Å². The summed E-state index contributed by atoms with van der Waals surface area (Å²) in [7, 11) is 0. The molecule has 2 aromatic rings. The Morgan fingerprint density at radius 1 is 1.29 bits per heavy atom. The second-order valence-corrected chi connectivity index (χ2v) is 5.33. The normalized spacial score (nSPS) is 15.9. The van der Waals surface area contributed by atoms with Crippen molar-refractivity contribution in [2.24, 2.45) is 5.92 Å². The Hall–Kier alpha value is -2.14. The first-order valence-electron chi connectivity index (χ1n) is 7.27. The van der Waals surface area contributed by atoms with Crippen molar-refractivity contribution in [1.82, 2.24) is 10.3 Å². The number of hydrogen-bond acceptors (Lipinski definition) is 4. The summed E-state index contributed by atoms with van der Waals surface area (Å²) < 4.78 is 5.48. The van der Waals surface area contributed by atoms with Crippen LogP contribution in [-0.2, 0) is 4.79 Å². The molecule has 1 aromatic heterocycles. The first-order valence-corrected chi connectivity index (χ1v) is 7.27. The van der Waals surface area contributed by atoms with Crippen molar-refractivity contribution in [1.29, 1.82) is 0 Å². The van der Waals surface area contributed by atoms with E-state index in [0.29, 0.717) is 5.89 Å². The van der Waals surface area contributed by atoms with Crippen molar-refractivity contribution >= 4 is 11.6 Å². The maximum atomic E-state index is 12.2. The predicted molar refractivity (Wildman–Crippen MR) is 80.9 cm³/mol. The fourth-order valence-electron chi connectivity index (χ4n) is 2.54. The molecular formula is C16H19N3O2. The minimum absolute atomic E-state index is 0.111. The first-order chi connectivity index (χ1) is 10.2. The summed E-state index contributed by atoms with van der Waals surface area (Å²) in [5.74, 6) is 1.61. The van der Waals surface area contributed by atoms with Crippen molar-refractivity contribution in [3.05, 3.63) is 36.4 Å². The van der Waals surface area contributed by atoms with Gasteiger partial charge in [-0.2, -0.15) is 0 Å². The average molecular weight is 285 g/mol. The van der Waals surface area contributed by atoms with Crippen LogP contribution in [0.5, 0.6) is 0 Å². The quantitative estimate of drug-likeness (QED) is 0.909. The molecule has 2 heterocycles. The predicted octanol–water partition coefficient (Wildman–Crippen LogP) is 2.59. The van der Waals surface area contributed by atoms with E-state index in [1.54, 1.807) is 6.20 Å². The maximum Gasteiger partial charge on any atom is 0.227 e. The number of amides is 1. The number of aryl methyl sites for hydroxylation is 1. The van der Waals surface area contributed by atoms with E-state index in [0.717, 1.165) is 42.9 Å². The summed E-state index contributed by atoms with van der Waals surface area (Å²) in [5, 5.41) is 6.25. The van der Waals surface area contributed by atoms with Gasteiger partial charge in [0.1, 0.15) is 0 Å². The largest absolute Gasteiger partial charge is 0.441 e. The van der Waals surface area contributed by atoms with Crippen LogP contribution in [0.25, 0.3) is 11.3 Å². The van der Waals surface area contributed by atoms with Crippen molar-refractivity contribution < 1.29 is 9.21 Å². The van der Waals surface area contributed by atoms with Gasteiger partial charge in [0, 0.05) is 24.1 Å². The van der Waals surface area contributed by atoms with Crippen LogP contribution in [0.15, 0.2) is 34.9 Å². The highest BCUT2D eigenvalue weighted by molar-refractivity contribution is 5.92. The average Bonchev–Trinajstić information content (AvgIpc) is 2.95. The van der Waals surface area contributed by atoms with Crippen LogP contribution >= 0.6 is 0 Å². The summed E-state index contributed by atoms with van der Waals surface area (Å²) in [5.41, 5.74) is 1.77. The van der Waals surface area contributed by atoms with Crippen LogP contribution in [0.2, 0.25) is 0 Å². The molecule has 5 nitrogen and oxygen atoms in total. The highest BCUT2D eigenvalue weighted by atomic mass is 16.4. The zero-order valence-corrected chi connectivity index (χ0v) is 12.1. The first kappa shape index (κ1) is 13.8. The summed E-state index contributed by atoms with van der Waals surface area (Å²) >= 11 is 0. The Kier molecular flexibility index (Phi) is 4.01. The molecular weight excluding hydrogens is 266 g/mol. The van der Waals surface area contributed by atoms with Gasteiger partial charge >= 0.3 is 0 Å². The molecule has 1 saturated heterocycles. The van der Waals surface area contributed by atoms with E-state index in [4.69, 9.17) is 4.42 Å². The van der Waals surface area contributed by atoms with Crippen LogP contribution in [-0.4, -0.2) is 24.0 Å². The molecule has 3 rings (SSSR count). The minimum Gasteiger partial charge on any atom is -0.441 e. The van der Waals surface area contributed by atoms with E-state index in [2.05, 4.69) is 15.6 Å². The lowest BCUT2D eigenvalue weighted by atomic mass is 9.97. The Bertz CT molecular complexity index is 613. The molecule has 0 spiro atoms. The van der Waals surface area contributed by atoms with Gasteiger partial charge < -0.3 is 15.1 Å². The van der Waals surface area contributed by atoms with Gasteiger partial charge in [-0.25, -0.2) is 4.98 Å². The molecule has 1 aliphatic heterocycles. The molecule has 0 aliphatic carbocycles. The fraction of sp³-hybridized carbons (Fsp3) is 0.375. The van der Waals surface area contributed by atoms with Gasteiger partial charge in [0.15, 0.2) is 11.7 Å². The number of nitrogens with one attached hydrogen (secondary N) is 2. The molecule has 0 unspecified atom stereocenters. The highest BCUT2D eigenvalue weighted by Crippen LogP contribution is 2.23.